The summed E-state index contributed by atoms with van der Waals surface area (Å²) in [4.78, 5) is 26.1. The van der Waals surface area contributed by atoms with E-state index >= 15 is 0 Å². The van der Waals surface area contributed by atoms with E-state index < -0.39 is 6.04 Å². The predicted molar refractivity (Wildman–Crippen MR) is 78.5 cm³/mol. The van der Waals surface area contributed by atoms with E-state index in [4.69, 9.17) is 0 Å². The number of rotatable bonds is 3. The number of hydrogen-bond donors (Lipinski definition) is 1. The number of piperidine rings is 1. The third-order valence-corrected chi connectivity index (χ3v) is 3.81. The molecule has 5 heteroatoms. The highest BCUT2D eigenvalue weighted by Gasteiger charge is 2.23. The number of hydrogen-bond acceptors (Lipinski definition) is 2. The van der Waals surface area contributed by atoms with Gasteiger partial charge in [-0.3, -0.25) is 9.59 Å². The molecule has 0 saturated carbocycles. The Morgan fingerprint density at radius 1 is 1.24 bits per heavy atom. The van der Waals surface area contributed by atoms with Crippen molar-refractivity contribution in [2.24, 2.45) is 0 Å². The molecule has 1 N–H and O–H groups in total. The first-order valence-electron chi connectivity index (χ1n) is 7.35. The number of aryl methyl sites for hydroxylation is 1. The molecule has 0 bridgehead atoms. The summed E-state index contributed by atoms with van der Waals surface area (Å²) < 4.78 is 13.2. The van der Waals surface area contributed by atoms with Crippen LogP contribution in [0.2, 0.25) is 0 Å². The molecule has 0 radical (unpaired) electrons. The Hall–Kier alpha value is -1.91. The molecule has 1 fully saturated rings. The first-order chi connectivity index (χ1) is 9.99. The number of nitrogens with one attached hydrogen (secondary N) is 1. The zero-order valence-corrected chi connectivity index (χ0v) is 12.5. The first-order valence-corrected chi connectivity index (χ1v) is 7.35. The SMILES string of the molecule is Cc1cc(C(=O)NC(C)C(=O)N2CCCCC2)ccc1F. The Morgan fingerprint density at radius 3 is 2.52 bits per heavy atom. The second-order valence-electron chi connectivity index (χ2n) is 5.55. The van der Waals surface area contributed by atoms with Gasteiger partial charge in [0.05, 0.1) is 0 Å². The molecule has 1 aliphatic heterocycles. The summed E-state index contributed by atoms with van der Waals surface area (Å²) in [6.07, 6.45) is 3.19. The van der Waals surface area contributed by atoms with Crippen molar-refractivity contribution >= 4 is 11.8 Å². The summed E-state index contributed by atoms with van der Waals surface area (Å²) in [6.45, 7) is 4.81. The zero-order chi connectivity index (χ0) is 15.4. The molecule has 1 atom stereocenters. The van der Waals surface area contributed by atoms with Crippen LogP contribution in [0.3, 0.4) is 0 Å². The number of amides is 2. The van der Waals surface area contributed by atoms with Gasteiger partial charge < -0.3 is 10.2 Å². The molecule has 1 unspecified atom stereocenters. The smallest absolute Gasteiger partial charge is 0.251 e. The molecule has 1 aromatic rings. The summed E-state index contributed by atoms with van der Waals surface area (Å²) in [5.74, 6) is -0.748. The summed E-state index contributed by atoms with van der Waals surface area (Å²) in [7, 11) is 0. The summed E-state index contributed by atoms with van der Waals surface area (Å²) >= 11 is 0. The lowest BCUT2D eigenvalue weighted by molar-refractivity contribution is -0.133. The van der Waals surface area contributed by atoms with Crippen molar-refractivity contribution in [3.63, 3.8) is 0 Å². The van der Waals surface area contributed by atoms with Gasteiger partial charge in [-0.2, -0.15) is 0 Å². The van der Waals surface area contributed by atoms with E-state index in [9.17, 15) is 14.0 Å². The Kier molecular flexibility index (Phi) is 4.94. The number of carbonyl (C=O) groups excluding carboxylic acids is 2. The van der Waals surface area contributed by atoms with Crippen molar-refractivity contribution in [1.82, 2.24) is 10.2 Å². The fourth-order valence-corrected chi connectivity index (χ4v) is 2.52. The van der Waals surface area contributed by atoms with Gasteiger partial charge in [0.2, 0.25) is 5.91 Å². The van der Waals surface area contributed by atoms with Crippen molar-refractivity contribution in [3.05, 3.63) is 35.1 Å². The van der Waals surface area contributed by atoms with E-state index in [0.29, 0.717) is 11.1 Å². The average Bonchev–Trinajstić information content (AvgIpc) is 2.50. The molecule has 114 valence electrons. The van der Waals surface area contributed by atoms with Gasteiger partial charge in [-0.25, -0.2) is 4.39 Å². The van der Waals surface area contributed by atoms with Crippen LogP contribution in [0.25, 0.3) is 0 Å². The van der Waals surface area contributed by atoms with Crippen LogP contribution in [0.5, 0.6) is 0 Å². The fraction of sp³-hybridized carbons (Fsp3) is 0.500. The van der Waals surface area contributed by atoms with Gasteiger partial charge in [-0.1, -0.05) is 0 Å². The van der Waals surface area contributed by atoms with Crippen LogP contribution in [0.1, 0.15) is 42.1 Å². The fourth-order valence-electron chi connectivity index (χ4n) is 2.52. The molecule has 1 aliphatic rings. The molecule has 1 aromatic carbocycles. The van der Waals surface area contributed by atoms with Gasteiger partial charge >= 0.3 is 0 Å². The van der Waals surface area contributed by atoms with Crippen LogP contribution in [-0.2, 0) is 4.79 Å². The maximum atomic E-state index is 13.2. The van der Waals surface area contributed by atoms with Crippen LogP contribution < -0.4 is 5.32 Å². The van der Waals surface area contributed by atoms with E-state index in [0.717, 1.165) is 32.4 Å². The molecule has 0 aromatic heterocycles. The summed E-state index contributed by atoms with van der Waals surface area (Å²) in [5.41, 5.74) is 0.782. The maximum absolute atomic E-state index is 13.2. The van der Waals surface area contributed by atoms with Gasteiger partial charge in [-0.05, 0) is 56.9 Å². The third-order valence-electron chi connectivity index (χ3n) is 3.81. The van der Waals surface area contributed by atoms with Crippen LogP contribution in [-0.4, -0.2) is 35.8 Å². The lowest BCUT2D eigenvalue weighted by atomic mass is 10.1. The van der Waals surface area contributed by atoms with Gasteiger partial charge in [-0.15, -0.1) is 0 Å². The van der Waals surface area contributed by atoms with E-state index in [2.05, 4.69) is 5.32 Å². The molecular formula is C16H21FN2O2. The highest BCUT2D eigenvalue weighted by molar-refractivity contribution is 5.97. The number of benzene rings is 1. The second-order valence-corrected chi connectivity index (χ2v) is 5.55. The molecule has 2 amide bonds. The summed E-state index contributed by atoms with van der Waals surface area (Å²) in [5, 5.41) is 2.69. The molecule has 1 heterocycles. The lowest BCUT2D eigenvalue weighted by Crippen LogP contribution is -2.48. The minimum atomic E-state index is -0.569. The molecule has 0 aliphatic carbocycles. The molecule has 0 spiro atoms. The van der Waals surface area contributed by atoms with Crippen molar-refractivity contribution in [1.29, 1.82) is 0 Å². The minimum absolute atomic E-state index is 0.0538. The first kappa shape index (κ1) is 15.5. The largest absolute Gasteiger partial charge is 0.341 e. The summed E-state index contributed by atoms with van der Waals surface area (Å²) in [6, 6.07) is 3.61. The van der Waals surface area contributed by atoms with E-state index in [-0.39, 0.29) is 17.6 Å². The van der Waals surface area contributed by atoms with Crippen LogP contribution in [0.15, 0.2) is 18.2 Å². The zero-order valence-electron chi connectivity index (χ0n) is 12.5. The predicted octanol–water partition coefficient (Wildman–Crippen LogP) is 2.26. The number of nitrogens with zero attached hydrogens (tertiary/aromatic N) is 1. The monoisotopic (exact) mass is 292 g/mol. The van der Waals surface area contributed by atoms with E-state index in [1.54, 1.807) is 18.7 Å². The Morgan fingerprint density at radius 2 is 1.90 bits per heavy atom. The van der Waals surface area contributed by atoms with Gasteiger partial charge in [0.1, 0.15) is 11.9 Å². The Balaban J connectivity index is 1.97. The second kappa shape index (κ2) is 6.70. The van der Waals surface area contributed by atoms with E-state index in [1.165, 1.54) is 18.2 Å². The third kappa shape index (κ3) is 3.80. The highest BCUT2D eigenvalue weighted by Crippen LogP contribution is 2.11. The van der Waals surface area contributed by atoms with Crippen molar-refractivity contribution in [2.45, 2.75) is 39.2 Å². The van der Waals surface area contributed by atoms with Gasteiger partial charge in [0.15, 0.2) is 0 Å². The Labute approximate surface area is 124 Å². The van der Waals surface area contributed by atoms with Gasteiger partial charge in [0.25, 0.3) is 5.91 Å². The van der Waals surface area contributed by atoms with Gasteiger partial charge in [0, 0.05) is 18.7 Å². The normalized spacial score (nSPS) is 16.4. The molecular weight excluding hydrogens is 271 g/mol. The Bertz CT molecular complexity index is 539. The van der Waals surface area contributed by atoms with Crippen molar-refractivity contribution in [3.8, 4) is 0 Å². The van der Waals surface area contributed by atoms with Crippen LogP contribution in [0.4, 0.5) is 4.39 Å². The standard InChI is InChI=1S/C16H21FN2O2/c1-11-10-13(6-7-14(11)17)15(20)18-12(2)16(21)19-8-4-3-5-9-19/h6-7,10,12H,3-5,8-9H2,1-2H3,(H,18,20). The molecule has 1 saturated heterocycles. The highest BCUT2D eigenvalue weighted by atomic mass is 19.1. The van der Waals surface area contributed by atoms with Crippen LogP contribution in [0, 0.1) is 12.7 Å². The lowest BCUT2D eigenvalue weighted by Gasteiger charge is -2.29. The number of carbonyl (C=O) groups is 2. The van der Waals surface area contributed by atoms with Crippen molar-refractivity contribution < 1.29 is 14.0 Å². The van der Waals surface area contributed by atoms with Crippen LogP contribution >= 0.6 is 0 Å². The topological polar surface area (TPSA) is 49.4 Å². The molecule has 2 rings (SSSR count). The molecule has 21 heavy (non-hydrogen) atoms. The van der Waals surface area contributed by atoms with Crippen molar-refractivity contribution in [2.75, 3.05) is 13.1 Å². The minimum Gasteiger partial charge on any atom is -0.341 e. The quantitative estimate of drug-likeness (QED) is 0.929. The van der Waals surface area contributed by atoms with E-state index in [1.807, 2.05) is 0 Å². The number of halogens is 1. The average molecular weight is 292 g/mol. The maximum Gasteiger partial charge on any atom is 0.251 e. The number of likely N-dealkylation sites (tertiary alicyclic amines) is 1. The molecule has 4 nitrogen and oxygen atoms in total.